The maximum Gasteiger partial charge on any atom is 0.269 e. The second kappa shape index (κ2) is 9.06. The van der Waals surface area contributed by atoms with Gasteiger partial charge in [-0.25, -0.2) is 0 Å². The number of ketones is 1. The smallest absolute Gasteiger partial charge is 0.269 e. The van der Waals surface area contributed by atoms with Gasteiger partial charge < -0.3 is 9.47 Å². The number of piperidine rings is 1. The van der Waals surface area contributed by atoms with Gasteiger partial charge in [0.15, 0.2) is 17.3 Å². The molecule has 1 saturated heterocycles. The van der Waals surface area contributed by atoms with Crippen molar-refractivity contribution in [3.05, 3.63) is 63.2 Å². The summed E-state index contributed by atoms with van der Waals surface area (Å²) in [6.07, 6.45) is 4.81. The molecule has 2 atom stereocenters. The van der Waals surface area contributed by atoms with Crippen LogP contribution in [0.4, 0.5) is 5.69 Å². The highest BCUT2D eigenvalue weighted by molar-refractivity contribution is 6.03. The van der Waals surface area contributed by atoms with Gasteiger partial charge in [0.25, 0.3) is 5.69 Å². The molecule has 1 heterocycles. The standard InChI is InChI=1S/C24H28N2O5/c1-30-22-13-17-11-18(24(27)21(17)14-23(22)31-2)12-19-7-3-4-9-25(19)15-16-6-5-8-20(10-16)26(28)29/h5-6,8,10,13-14,18-19H,3-4,7,9,11-12,15H2,1-2H3. The largest absolute Gasteiger partial charge is 0.493 e. The van der Waals surface area contributed by atoms with Crippen molar-refractivity contribution >= 4 is 11.5 Å². The Morgan fingerprint density at radius 3 is 2.65 bits per heavy atom. The first-order valence-corrected chi connectivity index (χ1v) is 10.8. The van der Waals surface area contributed by atoms with Crippen molar-refractivity contribution in [2.24, 2.45) is 5.92 Å². The van der Waals surface area contributed by atoms with Crippen molar-refractivity contribution in [3.63, 3.8) is 0 Å². The zero-order chi connectivity index (χ0) is 22.0. The normalized spacial score (nSPS) is 21.0. The van der Waals surface area contributed by atoms with Crippen molar-refractivity contribution in [2.45, 2.75) is 44.7 Å². The number of likely N-dealkylation sites (tertiary alicyclic amines) is 1. The van der Waals surface area contributed by atoms with Crippen molar-refractivity contribution in [2.75, 3.05) is 20.8 Å². The highest BCUT2D eigenvalue weighted by atomic mass is 16.6. The number of methoxy groups -OCH3 is 2. The minimum absolute atomic E-state index is 0.0532. The number of hydrogen-bond donors (Lipinski definition) is 0. The molecule has 0 spiro atoms. The van der Waals surface area contributed by atoms with Crippen LogP contribution in [0.2, 0.25) is 0 Å². The molecule has 1 aliphatic heterocycles. The maximum atomic E-state index is 13.1. The van der Waals surface area contributed by atoms with Gasteiger partial charge in [-0.15, -0.1) is 0 Å². The maximum absolute atomic E-state index is 13.1. The molecule has 2 unspecified atom stereocenters. The van der Waals surface area contributed by atoms with E-state index in [-0.39, 0.29) is 22.3 Å². The summed E-state index contributed by atoms with van der Waals surface area (Å²) in [5, 5.41) is 11.1. The number of nitrogens with zero attached hydrogens (tertiary/aromatic N) is 2. The summed E-state index contributed by atoms with van der Waals surface area (Å²) in [5.74, 6) is 1.36. The lowest BCUT2D eigenvalue weighted by molar-refractivity contribution is -0.384. The molecule has 0 N–H and O–H groups in total. The van der Waals surface area contributed by atoms with E-state index in [9.17, 15) is 14.9 Å². The van der Waals surface area contributed by atoms with Crippen LogP contribution in [0.15, 0.2) is 36.4 Å². The van der Waals surface area contributed by atoms with Gasteiger partial charge in [0.1, 0.15) is 0 Å². The molecule has 4 rings (SSSR count). The summed E-state index contributed by atoms with van der Waals surface area (Å²) in [5.41, 5.74) is 2.82. The molecule has 0 saturated carbocycles. The molecule has 1 aliphatic carbocycles. The molecular weight excluding hydrogens is 396 g/mol. The lowest BCUT2D eigenvalue weighted by Crippen LogP contribution is -2.40. The molecule has 0 bridgehead atoms. The highest BCUT2D eigenvalue weighted by Gasteiger charge is 2.35. The molecule has 2 aromatic rings. The van der Waals surface area contributed by atoms with Crippen LogP contribution < -0.4 is 9.47 Å². The minimum Gasteiger partial charge on any atom is -0.493 e. The summed E-state index contributed by atoms with van der Waals surface area (Å²) >= 11 is 0. The van der Waals surface area contributed by atoms with Crippen LogP contribution in [-0.2, 0) is 13.0 Å². The number of ether oxygens (including phenoxy) is 2. The Bertz CT molecular complexity index is 990. The van der Waals surface area contributed by atoms with E-state index in [2.05, 4.69) is 4.90 Å². The first-order valence-electron chi connectivity index (χ1n) is 10.8. The molecule has 0 aromatic heterocycles. The average molecular weight is 424 g/mol. The Morgan fingerprint density at radius 2 is 1.90 bits per heavy atom. The monoisotopic (exact) mass is 424 g/mol. The SMILES string of the molecule is COc1cc2c(cc1OC)C(=O)C(CC1CCCCN1Cc1cccc([N+](=O)[O-])c1)C2. The Labute approximate surface area is 182 Å². The lowest BCUT2D eigenvalue weighted by Gasteiger charge is -2.37. The molecule has 164 valence electrons. The summed E-state index contributed by atoms with van der Waals surface area (Å²) in [6.45, 7) is 1.62. The van der Waals surface area contributed by atoms with E-state index in [1.165, 1.54) is 6.07 Å². The second-order valence-corrected chi connectivity index (χ2v) is 8.41. The van der Waals surface area contributed by atoms with E-state index in [1.54, 1.807) is 32.4 Å². The first-order chi connectivity index (χ1) is 15.0. The van der Waals surface area contributed by atoms with Crippen LogP contribution in [0, 0.1) is 16.0 Å². The number of carbonyl (C=O) groups excluding carboxylic acids is 1. The van der Waals surface area contributed by atoms with Crippen LogP contribution >= 0.6 is 0 Å². The van der Waals surface area contributed by atoms with Gasteiger partial charge >= 0.3 is 0 Å². The van der Waals surface area contributed by atoms with E-state index >= 15 is 0 Å². The molecule has 7 heteroatoms. The van der Waals surface area contributed by atoms with E-state index in [1.807, 2.05) is 12.1 Å². The van der Waals surface area contributed by atoms with Gasteiger partial charge in [-0.1, -0.05) is 18.6 Å². The van der Waals surface area contributed by atoms with Crippen LogP contribution in [0.1, 0.15) is 47.2 Å². The third-order valence-electron chi connectivity index (χ3n) is 6.52. The average Bonchev–Trinajstić information content (AvgIpc) is 3.08. The van der Waals surface area contributed by atoms with Crippen molar-refractivity contribution in [1.82, 2.24) is 4.90 Å². The Morgan fingerprint density at radius 1 is 1.13 bits per heavy atom. The van der Waals surface area contributed by atoms with E-state index < -0.39 is 0 Å². The topological polar surface area (TPSA) is 81.9 Å². The zero-order valence-corrected chi connectivity index (χ0v) is 18.0. The van der Waals surface area contributed by atoms with Crippen molar-refractivity contribution in [1.29, 1.82) is 0 Å². The summed E-state index contributed by atoms with van der Waals surface area (Å²) in [7, 11) is 3.18. The summed E-state index contributed by atoms with van der Waals surface area (Å²) in [6, 6.07) is 10.9. The Balaban J connectivity index is 1.49. The third kappa shape index (κ3) is 4.42. The van der Waals surface area contributed by atoms with Gasteiger partial charge in [-0.05, 0) is 55.5 Å². The van der Waals surface area contributed by atoms with Gasteiger partial charge in [-0.3, -0.25) is 19.8 Å². The van der Waals surface area contributed by atoms with Crippen molar-refractivity contribution in [3.8, 4) is 11.5 Å². The summed E-state index contributed by atoms with van der Waals surface area (Å²) in [4.78, 5) is 26.3. The predicted octanol–water partition coefficient (Wildman–Crippen LogP) is 4.41. The predicted molar refractivity (Wildman–Crippen MR) is 117 cm³/mol. The number of nitro groups is 1. The Hall–Kier alpha value is -2.93. The van der Waals surface area contributed by atoms with Gasteiger partial charge in [0, 0.05) is 36.2 Å². The van der Waals surface area contributed by atoms with Gasteiger partial charge in [0.05, 0.1) is 19.1 Å². The lowest BCUT2D eigenvalue weighted by atomic mass is 9.89. The molecule has 31 heavy (non-hydrogen) atoms. The number of non-ortho nitro benzene ring substituents is 1. The quantitative estimate of drug-likeness (QED) is 0.484. The molecular formula is C24H28N2O5. The number of rotatable bonds is 7. The molecule has 7 nitrogen and oxygen atoms in total. The second-order valence-electron chi connectivity index (χ2n) is 8.41. The molecule has 2 aromatic carbocycles. The highest BCUT2D eigenvalue weighted by Crippen LogP contribution is 2.39. The zero-order valence-electron chi connectivity index (χ0n) is 18.0. The third-order valence-corrected chi connectivity index (χ3v) is 6.52. The fourth-order valence-electron chi connectivity index (χ4n) is 4.95. The molecule has 2 aliphatic rings. The van der Waals surface area contributed by atoms with Crippen LogP contribution in [0.5, 0.6) is 11.5 Å². The van der Waals surface area contributed by atoms with E-state index in [0.717, 1.165) is 55.3 Å². The van der Waals surface area contributed by atoms with Crippen LogP contribution in [0.3, 0.4) is 0 Å². The fraction of sp³-hybridized carbons (Fsp3) is 0.458. The van der Waals surface area contributed by atoms with Crippen LogP contribution in [-0.4, -0.2) is 42.4 Å². The van der Waals surface area contributed by atoms with Gasteiger partial charge in [-0.2, -0.15) is 0 Å². The molecule has 0 amide bonds. The van der Waals surface area contributed by atoms with Crippen LogP contribution in [0.25, 0.3) is 0 Å². The molecule has 1 fully saturated rings. The van der Waals surface area contributed by atoms with Crippen molar-refractivity contribution < 1.29 is 19.2 Å². The molecule has 0 radical (unpaired) electrons. The first kappa shape index (κ1) is 21.3. The minimum atomic E-state index is -0.353. The number of carbonyl (C=O) groups is 1. The number of Topliss-reactive ketones (excluding diaryl/α,β-unsaturated/α-hetero) is 1. The van der Waals surface area contributed by atoms with E-state index in [0.29, 0.717) is 24.1 Å². The van der Waals surface area contributed by atoms with Gasteiger partial charge in [0.2, 0.25) is 0 Å². The number of nitro benzene ring substituents is 1. The number of benzene rings is 2. The van der Waals surface area contributed by atoms with E-state index in [4.69, 9.17) is 9.47 Å². The fourth-order valence-corrected chi connectivity index (χ4v) is 4.95. The number of fused-ring (bicyclic) bond motifs is 1. The summed E-state index contributed by atoms with van der Waals surface area (Å²) < 4.78 is 10.8. The Kier molecular flexibility index (Phi) is 6.23. The number of hydrogen-bond acceptors (Lipinski definition) is 6.